The van der Waals surface area contributed by atoms with E-state index in [-0.39, 0.29) is 0 Å². The molecule has 0 nitrogen and oxygen atoms in total. The third-order valence-electron chi connectivity index (χ3n) is 0.634. The van der Waals surface area contributed by atoms with Gasteiger partial charge in [0.2, 0.25) is 0 Å². The molecular formula is C8H8. The van der Waals surface area contributed by atoms with Crippen molar-refractivity contribution in [2.75, 3.05) is 0 Å². The summed E-state index contributed by atoms with van der Waals surface area (Å²) in [6, 6.07) is 0. The molecular weight excluding hydrogens is 96.1 g/mol. The molecule has 0 saturated carbocycles. The summed E-state index contributed by atoms with van der Waals surface area (Å²) in [6.07, 6.45) is 8.44. The summed E-state index contributed by atoms with van der Waals surface area (Å²) in [6.45, 7) is 3.54. The average Bonchev–Trinajstić information content (AvgIpc) is 1.81. The minimum atomic E-state index is 0.827. The maximum absolute atomic E-state index is 4.86. The lowest BCUT2D eigenvalue weighted by atomic mass is 10.3. The van der Waals surface area contributed by atoms with Crippen LogP contribution in [0, 0.1) is 24.2 Å². The molecule has 0 aromatic heterocycles. The maximum atomic E-state index is 4.86. The predicted octanol–water partition coefficient (Wildman–Crippen LogP) is 1.59. The van der Waals surface area contributed by atoms with Crippen LogP contribution >= 0.6 is 0 Å². The molecule has 0 aromatic rings. The smallest absolute Gasteiger partial charge is 0.0133 e. The molecule has 0 radical (unpaired) electrons. The first-order valence-electron chi connectivity index (χ1n) is 2.46. The lowest BCUT2D eigenvalue weighted by Gasteiger charge is -1.75. The van der Waals surface area contributed by atoms with Crippen molar-refractivity contribution < 1.29 is 0 Å². The van der Waals surface area contributed by atoms with Gasteiger partial charge in [-0.3, -0.25) is 0 Å². The number of rotatable bonds is 2. The Bertz CT molecular complexity index is 147. The van der Waals surface area contributed by atoms with Gasteiger partial charge in [0.25, 0.3) is 0 Å². The fraction of sp³-hybridized carbons (Fsp3) is 0.250. The van der Waals surface area contributed by atoms with Crippen molar-refractivity contribution in [3.8, 4) is 24.2 Å². The van der Waals surface area contributed by atoms with Gasteiger partial charge in [0, 0.05) is 6.42 Å². The van der Waals surface area contributed by atoms with Crippen LogP contribution in [0.3, 0.4) is 0 Å². The van der Waals surface area contributed by atoms with Crippen molar-refractivity contribution in [3.63, 3.8) is 0 Å². The van der Waals surface area contributed by atoms with Crippen LogP contribution in [0.25, 0.3) is 0 Å². The number of unbranched alkanes of at least 4 members (excludes halogenated alkanes) is 1. The number of allylic oxidation sites excluding steroid dienone is 1. The summed E-state index contributed by atoms with van der Waals surface area (Å²) in [4.78, 5) is 0. The molecule has 0 aliphatic carbocycles. The second-order valence-electron chi connectivity index (χ2n) is 1.27. The molecule has 0 N–H and O–H groups in total. The van der Waals surface area contributed by atoms with Gasteiger partial charge in [0.15, 0.2) is 0 Å². The molecule has 0 fully saturated rings. The van der Waals surface area contributed by atoms with E-state index in [0.717, 1.165) is 12.8 Å². The van der Waals surface area contributed by atoms with Gasteiger partial charge in [-0.2, -0.15) is 0 Å². The van der Waals surface area contributed by atoms with Crippen LogP contribution in [-0.4, -0.2) is 0 Å². The molecule has 0 spiro atoms. The highest BCUT2D eigenvalue weighted by Crippen LogP contribution is 1.83. The summed E-state index contributed by atoms with van der Waals surface area (Å²) < 4.78 is 0. The Morgan fingerprint density at radius 3 is 2.88 bits per heavy atom. The Morgan fingerprint density at radius 2 is 2.38 bits per heavy atom. The maximum Gasteiger partial charge on any atom is 0.0133 e. The molecule has 0 aliphatic heterocycles. The molecule has 8 heavy (non-hydrogen) atoms. The van der Waals surface area contributed by atoms with Crippen LogP contribution in [0.2, 0.25) is 0 Å². The highest BCUT2D eigenvalue weighted by molar-refractivity contribution is 5.21. The summed E-state index contributed by atoms with van der Waals surface area (Å²) >= 11 is 0. The fourth-order valence-electron chi connectivity index (χ4n) is 0.288. The number of hydrogen-bond donors (Lipinski definition) is 0. The zero-order chi connectivity index (χ0) is 6.24. The lowest BCUT2D eigenvalue weighted by molar-refractivity contribution is 1.09. The van der Waals surface area contributed by atoms with Crippen LogP contribution < -0.4 is 0 Å². The highest BCUT2D eigenvalue weighted by Gasteiger charge is 1.68. The van der Waals surface area contributed by atoms with Crippen LogP contribution in [0.1, 0.15) is 12.8 Å². The summed E-state index contributed by atoms with van der Waals surface area (Å²) in [5, 5.41) is 0. The van der Waals surface area contributed by atoms with Crippen molar-refractivity contribution in [2.45, 2.75) is 12.8 Å². The Kier molecular flexibility index (Phi) is 5.02. The normalized spacial score (nSPS) is 5.88. The van der Waals surface area contributed by atoms with Gasteiger partial charge in [0.05, 0.1) is 0 Å². The van der Waals surface area contributed by atoms with Crippen molar-refractivity contribution in [1.29, 1.82) is 0 Å². The molecule has 0 aromatic carbocycles. The van der Waals surface area contributed by atoms with E-state index in [1.54, 1.807) is 0 Å². The molecule has 0 heterocycles. The minimum Gasteiger partial charge on any atom is -0.106 e. The van der Waals surface area contributed by atoms with E-state index >= 15 is 0 Å². The Labute approximate surface area is 50.6 Å². The molecule has 0 saturated heterocycles. The molecule has 40 valence electrons. The minimum absolute atomic E-state index is 0.827. The van der Waals surface area contributed by atoms with E-state index in [1.165, 1.54) is 0 Å². The third kappa shape index (κ3) is 4.86. The standard InChI is InChI=1S/C8H8/c1-3-5-7-8-6-4-2/h1,4H,2,6,8H2. The van der Waals surface area contributed by atoms with Crippen molar-refractivity contribution in [2.24, 2.45) is 0 Å². The summed E-state index contributed by atoms with van der Waals surface area (Å²) in [5.74, 6) is 7.52. The van der Waals surface area contributed by atoms with Gasteiger partial charge in [-0.15, -0.1) is 13.0 Å². The topological polar surface area (TPSA) is 0 Å². The second-order valence-corrected chi connectivity index (χ2v) is 1.27. The zero-order valence-electron chi connectivity index (χ0n) is 4.78. The largest absolute Gasteiger partial charge is 0.106 e. The van der Waals surface area contributed by atoms with E-state index < -0.39 is 0 Å². The molecule has 0 atom stereocenters. The van der Waals surface area contributed by atoms with Gasteiger partial charge in [-0.25, -0.2) is 0 Å². The Balaban J connectivity index is 3.18. The third-order valence-corrected chi connectivity index (χ3v) is 0.634. The molecule has 0 heteroatoms. The van der Waals surface area contributed by atoms with E-state index in [1.807, 2.05) is 6.08 Å². The van der Waals surface area contributed by atoms with Crippen molar-refractivity contribution >= 4 is 0 Å². The summed E-state index contributed by atoms with van der Waals surface area (Å²) in [5.41, 5.74) is 0. The monoisotopic (exact) mass is 104 g/mol. The lowest BCUT2D eigenvalue weighted by Crippen LogP contribution is -1.60. The van der Waals surface area contributed by atoms with Crippen molar-refractivity contribution in [1.82, 2.24) is 0 Å². The second kappa shape index (κ2) is 5.86. The fourth-order valence-corrected chi connectivity index (χ4v) is 0.288. The molecule has 0 bridgehead atoms. The zero-order valence-corrected chi connectivity index (χ0v) is 4.78. The van der Waals surface area contributed by atoms with E-state index in [0.29, 0.717) is 0 Å². The van der Waals surface area contributed by atoms with Crippen LogP contribution in [-0.2, 0) is 0 Å². The van der Waals surface area contributed by atoms with Crippen molar-refractivity contribution in [3.05, 3.63) is 12.7 Å². The first-order valence-corrected chi connectivity index (χ1v) is 2.46. The summed E-state index contributed by atoms with van der Waals surface area (Å²) in [7, 11) is 0. The van der Waals surface area contributed by atoms with Crippen LogP contribution in [0.5, 0.6) is 0 Å². The van der Waals surface area contributed by atoms with Crippen LogP contribution in [0.4, 0.5) is 0 Å². The molecule has 0 aliphatic rings. The molecule has 0 amide bonds. The molecule has 0 unspecified atom stereocenters. The van der Waals surface area contributed by atoms with E-state index in [2.05, 4.69) is 24.3 Å². The van der Waals surface area contributed by atoms with Gasteiger partial charge in [-0.05, 0) is 18.3 Å². The highest BCUT2D eigenvalue weighted by atomic mass is 13.7. The first-order chi connectivity index (χ1) is 3.91. The number of terminal acetylenes is 1. The average molecular weight is 104 g/mol. The van der Waals surface area contributed by atoms with E-state index in [9.17, 15) is 0 Å². The predicted molar refractivity (Wildman–Crippen MR) is 36.0 cm³/mol. The number of hydrogen-bond acceptors (Lipinski definition) is 0. The molecule has 0 rings (SSSR count). The quantitative estimate of drug-likeness (QED) is 0.283. The van der Waals surface area contributed by atoms with E-state index in [4.69, 9.17) is 6.42 Å². The van der Waals surface area contributed by atoms with Gasteiger partial charge < -0.3 is 0 Å². The van der Waals surface area contributed by atoms with Gasteiger partial charge in [0.1, 0.15) is 0 Å². The SMILES string of the molecule is C#CC#CCCC=C. The Morgan fingerprint density at radius 1 is 1.62 bits per heavy atom. The van der Waals surface area contributed by atoms with Crippen LogP contribution in [0.15, 0.2) is 12.7 Å². The van der Waals surface area contributed by atoms with Gasteiger partial charge >= 0.3 is 0 Å². The first kappa shape index (κ1) is 6.86. The Hall–Kier alpha value is -1.14. The van der Waals surface area contributed by atoms with Gasteiger partial charge in [-0.1, -0.05) is 12.0 Å².